The molecule has 2 aliphatic rings. The molecule has 0 saturated heterocycles. The van der Waals surface area contributed by atoms with Gasteiger partial charge in [0, 0.05) is 35.2 Å². The largest absolute Gasteiger partial charge is 0.497 e. The first-order chi connectivity index (χ1) is 13.6. The van der Waals surface area contributed by atoms with E-state index < -0.39 is 11.4 Å². The number of aliphatic imine (C=N–C) groups is 1. The van der Waals surface area contributed by atoms with Crippen LogP contribution in [-0.4, -0.2) is 29.7 Å². The maximum Gasteiger partial charge on any atom is 0.283 e. The third-order valence-corrected chi connectivity index (χ3v) is 4.96. The molecule has 0 fully saturated rings. The average Bonchev–Trinajstić information content (AvgIpc) is 3.11. The molecule has 1 aromatic heterocycles. The van der Waals surface area contributed by atoms with Crippen molar-refractivity contribution >= 4 is 6.02 Å². The average molecular weight is 378 g/mol. The molecule has 0 saturated carbocycles. The van der Waals surface area contributed by atoms with Crippen LogP contribution in [0.5, 0.6) is 17.2 Å². The molecule has 0 bridgehead atoms. The fraction of sp³-hybridized carbons (Fsp3) is 0.150. The van der Waals surface area contributed by atoms with Gasteiger partial charge in [0.1, 0.15) is 24.4 Å². The molecule has 7 nitrogen and oxygen atoms in total. The Morgan fingerprint density at radius 2 is 1.93 bits per heavy atom. The van der Waals surface area contributed by atoms with E-state index in [9.17, 15) is 4.39 Å². The van der Waals surface area contributed by atoms with Gasteiger partial charge in [0.2, 0.25) is 0 Å². The molecule has 2 N–H and O–H groups in total. The maximum absolute atomic E-state index is 14.7. The number of rotatable bonds is 2. The highest BCUT2D eigenvalue weighted by Gasteiger charge is 2.48. The van der Waals surface area contributed by atoms with Crippen LogP contribution < -0.4 is 15.2 Å². The minimum absolute atomic E-state index is 0.0375. The zero-order chi connectivity index (χ0) is 19.3. The van der Waals surface area contributed by atoms with Crippen LogP contribution in [0.1, 0.15) is 11.1 Å². The van der Waals surface area contributed by atoms with E-state index in [2.05, 4.69) is 15.0 Å². The molecule has 28 heavy (non-hydrogen) atoms. The molecule has 8 heteroatoms. The smallest absolute Gasteiger partial charge is 0.283 e. The van der Waals surface area contributed by atoms with Crippen molar-refractivity contribution in [3.8, 4) is 28.4 Å². The summed E-state index contributed by atoms with van der Waals surface area (Å²) in [5, 5.41) is 0. The van der Waals surface area contributed by atoms with E-state index in [4.69, 9.17) is 19.9 Å². The van der Waals surface area contributed by atoms with E-state index in [1.54, 1.807) is 24.5 Å². The van der Waals surface area contributed by atoms with Gasteiger partial charge in [-0.05, 0) is 23.8 Å². The minimum Gasteiger partial charge on any atom is -0.497 e. The molecule has 2 aromatic carbocycles. The van der Waals surface area contributed by atoms with Crippen molar-refractivity contribution in [2.75, 3.05) is 13.7 Å². The summed E-state index contributed by atoms with van der Waals surface area (Å²) in [5.74, 6) is 0.391. The second-order valence-electron chi connectivity index (χ2n) is 6.53. The third kappa shape index (κ3) is 2.31. The molecule has 0 amide bonds. The number of nitrogens with zero attached hydrogens (tertiary/aromatic N) is 3. The number of hydrogen-bond acceptors (Lipinski definition) is 7. The first-order valence-electron chi connectivity index (χ1n) is 8.54. The van der Waals surface area contributed by atoms with E-state index in [-0.39, 0.29) is 18.4 Å². The van der Waals surface area contributed by atoms with Gasteiger partial charge in [-0.15, -0.1) is 0 Å². The zero-order valence-electron chi connectivity index (χ0n) is 14.8. The highest BCUT2D eigenvalue weighted by atomic mass is 19.1. The number of aromatic nitrogens is 2. The number of ether oxygens (including phenoxy) is 3. The fourth-order valence-electron chi connectivity index (χ4n) is 3.63. The molecule has 3 heterocycles. The number of halogens is 1. The summed E-state index contributed by atoms with van der Waals surface area (Å²) in [6, 6.07) is 8.56. The van der Waals surface area contributed by atoms with Crippen molar-refractivity contribution in [3.63, 3.8) is 0 Å². The molecular weight excluding hydrogens is 363 g/mol. The van der Waals surface area contributed by atoms with E-state index in [1.807, 2.05) is 12.1 Å². The Bertz CT molecular complexity index is 1120. The van der Waals surface area contributed by atoms with Crippen molar-refractivity contribution in [1.29, 1.82) is 0 Å². The predicted molar refractivity (Wildman–Crippen MR) is 98.8 cm³/mol. The molecule has 2 aliphatic heterocycles. The second kappa shape index (κ2) is 5.91. The van der Waals surface area contributed by atoms with Gasteiger partial charge in [-0.1, -0.05) is 6.07 Å². The number of benzene rings is 2. The van der Waals surface area contributed by atoms with Gasteiger partial charge in [-0.2, -0.15) is 0 Å². The summed E-state index contributed by atoms with van der Waals surface area (Å²) < 4.78 is 31.4. The molecule has 0 unspecified atom stereocenters. The Morgan fingerprint density at radius 1 is 1.11 bits per heavy atom. The molecule has 1 spiro atoms. The van der Waals surface area contributed by atoms with E-state index >= 15 is 0 Å². The van der Waals surface area contributed by atoms with Crippen LogP contribution in [0.3, 0.4) is 0 Å². The zero-order valence-corrected chi connectivity index (χ0v) is 14.8. The van der Waals surface area contributed by atoms with Gasteiger partial charge in [-0.3, -0.25) is 0 Å². The third-order valence-electron chi connectivity index (χ3n) is 4.96. The number of hydrogen-bond donors (Lipinski definition) is 1. The topological polar surface area (TPSA) is 91.9 Å². The number of fused-ring (bicyclic) bond motifs is 4. The van der Waals surface area contributed by atoms with Crippen molar-refractivity contribution in [2.45, 2.75) is 5.54 Å². The summed E-state index contributed by atoms with van der Waals surface area (Å²) in [5.41, 5.74) is 7.74. The lowest BCUT2D eigenvalue weighted by atomic mass is 9.80. The van der Waals surface area contributed by atoms with Crippen LogP contribution in [-0.2, 0) is 10.3 Å². The van der Waals surface area contributed by atoms with E-state index in [0.29, 0.717) is 17.1 Å². The van der Waals surface area contributed by atoms with Gasteiger partial charge in [-0.25, -0.2) is 19.4 Å². The Labute approximate surface area is 159 Å². The number of methoxy groups -OCH3 is 1. The molecule has 0 radical (unpaired) electrons. The summed E-state index contributed by atoms with van der Waals surface area (Å²) >= 11 is 0. The summed E-state index contributed by atoms with van der Waals surface area (Å²) in [6.07, 6.45) is 4.89. The first-order valence-corrected chi connectivity index (χ1v) is 8.54. The van der Waals surface area contributed by atoms with Gasteiger partial charge in [0.25, 0.3) is 6.02 Å². The molecule has 140 valence electrons. The SMILES string of the molecule is COc1cc(F)c2c(c1)[C@@]1(COC(N)=N1)c1cc(-c3cncnc3)ccc1O2. The fourth-order valence-corrected chi connectivity index (χ4v) is 3.63. The Balaban J connectivity index is 1.77. The van der Waals surface area contributed by atoms with Crippen LogP contribution in [0, 0.1) is 5.82 Å². The van der Waals surface area contributed by atoms with Gasteiger partial charge >= 0.3 is 0 Å². The predicted octanol–water partition coefficient (Wildman–Crippen LogP) is 2.99. The van der Waals surface area contributed by atoms with Crippen molar-refractivity contribution in [1.82, 2.24) is 9.97 Å². The van der Waals surface area contributed by atoms with Crippen LogP contribution in [0.25, 0.3) is 11.1 Å². The number of amidine groups is 1. The van der Waals surface area contributed by atoms with Crippen molar-refractivity contribution in [2.24, 2.45) is 10.7 Å². The van der Waals surface area contributed by atoms with Gasteiger partial charge in [0.05, 0.1) is 7.11 Å². The minimum atomic E-state index is -1.03. The molecule has 0 aliphatic carbocycles. The quantitative estimate of drug-likeness (QED) is 0.737. The van der Waals surface area contributed by atoms with Crippen LogP contribution in [0.15, 0.2) is 54.0 Å². The molecular formula is C20H15FN4O3. The van der Waals surface area contributed by atoms with Gasteiger partial charge < -0.3 is 19.9 Å². The van der Waals surface area contributed by atoms with E-state index in [1.165, 1.54) is 19.5 Å². The summed E-state index contributed by atoms with van der Waals surface area (Å²) in [7, 11) is 1.47. The highest BCUT2D eigenvalue weighted by molar-refractivity contribution is 5.78. The van der Waals surface area contributed by atoms with Gasteiger partial charge in [0.15, 0.2) is 17.1 Å². The van der Waals surface area contributed by atoms with Crippen molar-refractivity contribution in [3.05, 3.63) is 66.0 Å². The lowest BCUT2D eigenvalue weighted by Gasteiger charge is -2.34. The monoisotopic (exact) mass is 378 g/mol. The van der Waals surface area contributed by atoms with Crippen LogP contribution in [0.4, 0.5) is 4.39 Å². The normalized spacial score (nSPS) is 19.3. The molecule has 3 aromatic rings. The van der Waals surface area contributed by atoms with E-state index in [0.717, 1.165) is 16.7 Å². The van der Waals surface area contributed by atoms with Crippen molar-refractivity contribution < 1.29 is 18.6 Å². The lowest BCUT2D eigenvalue weighted by Crippen LogP contribution is -2.31. The Morgan fingerprint density at radius 3 is 2.64 bits per heavy atom. The maximum atomic E-state index is 14.7. The Hall–Kier alpha value is -3.68. The summed E-state index contributed by atoms with van der Waals surface area (Å²) in [4.78, 5) is 12.7. The van der Waals surface area contributed by atoms with Crippen LogP contribution in [0.2, 0.25) is 0 Å². The highest BCUT2D eigenvalue weighted by Crippen LogP contribution is 2.53. The first kappa shape index (κ1) is 16.5. The second-order valence-corrected chi connectivity index (χ2v) is 6.53. The molecule has 5 rings (SSSR count). The number of nitrogens with two attached hydrogens (primary N) is 1. The lowest BCUT2D eigenvalue weighted by molar-refractivity contribution is 0.261. The molecule has 1 atom stereocenters. The standard InChI is InChI=1S/C20H15FN4O3/c1-26-13-5-15-18(16(21)6-13)28-17-3-2-11(12-7-23-10-24-8-12)4-14(17)20(15)9-27-19(22)25-20/h2-8,10H,9H2,1H3,(H2,22,25)/t20-/m1/s1. The van der Waals surface area contributed by atoms with Crippen LogP contribution >= 0.6 is 0 Å². The summed E-state index contributed by atoms with van der Waals surface area (Å²) in [6.45, 7) is 0.129. The Kier molecular flexibility index (Phi) is 3.48.